The lowest BCUT2D eigenvalue weighted by Crippen LogP contribution is -2.24. The summed E-state index contributed by atoms with van der Waals surface area (Å²) in [6.07, 6.45) is 8.13. The zero-order valence-corrected chi connectivity index (χ0v) is 10.5. The summed E-state index contributed by atoms with van der Waals surface area (Å²) in [5.74, 6) is 3.06. The fraction of sp³-hybridized carbons (Fsp3) is 1.00. The molecule has 2 rings (SSSR count). The third-order valence-corrected chi connectivity index (χ3v) is 4.55. The van der Waals surface area contributed by atoms with Crippen molar-refractivity contribution in [3.05, 3.63) is 0 Å². The minimum Gasteiger partial charge on any atom is -0.393 e. The van der Waals surface area contributed by atoms with Crippen molar-refractivity contribution in [3.63, 3.8) is 0 Å². The Balaban J connectivity index is 1.86. The minimum atomic E-state index is -0.140. The van der Waals surface area contributed by atoms with Gasteiger partial charge in [0, 0.05) is 0 Å². The predicted octanol–water partition coefficient (Wildman–Crippen LogP) is 3.61. The van der Waals surface area contributed by atoms with Gasteiger partial charge in [-0.3, -0.25) is 0 Å². The first-order valence-corrected chi connectivity index (χ1v) is 6.64. The first-order chi connectivity index (χ1) is 6.96. The van der Waals surface area contributed by atoms with E-state index >= 15 is 0 Å². The first kappa shape index (κ1) is 11.4. The maximum Gasteiger partial charge on any atom is 0.0517 e. The number of hydrogen-bond acceptors (Lipinski definition) is 1. The zero-order valence-electron chi connectivity index (χ0n) is 10.5. The summed E-state index contributed by atoms with van der Waals surface area (Å²) in [5, 5.41) is 9.49. The first-order valence-electron chi connectivity index (χ1n) is 6.64. The summed E-state index contributed by atoms with van der Waals surface area (Å²) in [7, 11) is 0. The molecule has 2 saturated carbocycles. The van der Waals surface area contributed by atoms with Crippen LogP contribution in [0.1, 0.15) is 59.3 Å². The Morgan fingerprint density at radius 3 is 2.47 bits per heavy atom. The van der Waals surface area contributed by atoms with E-state index in [-0.39, 0.29) is 6.10 Å². The molecule has 88 valence electrons. The van der Waals surface area contributed by atoms with E-state index in [1.54, 1.807) is 0 Å². The van der Waals surface area contributed by atoms with Crippen molar-refractivity contribution in [2.24, 2.45) is 23.2 Å². The van der Waals surface area contributed by atoms with Crippen molar-refractivity contribution in [2.45, 2.75) is 65.4 Å². The zero-order chi connectivity index (χ0) is 11.1. The van der Waals surface area contributed by atoms with Crippen LogP contribution in [-0.2, 0) is 0 Å². The number of aliphatic hydroxyl groups is 1. The van der Waals surface area contributed by atoms with Gasteiger partial charge in [-0.25, -0.2) is 0 Å². The van der Waals surface area contributed by atoms with Gasteiger partial charge in [0.2, 0.25) is 0 Å². The molecule has 2 aliphatic rings. The second-order valence-electron chi connectivity index (χ2n) is 6.86. The highest BCUT2D eigenvalue weighted by Crippen LogP contribution is 2.52. The molecule has 0 radical (unpaired) electrons. The van der Waals surface area contributed by atoms with E-state index < -0.39 is 0 Å². The highest BCUT2D eigenvalue weighted by Gasteiger charge is 2.41. The SMILES string of the molecule is CC(O)CC(C)(C)CC1CC2CCC1C2. The van der Waals surface area contributed by atoms with Crippen LogP contribution in [0.2, 0.25) is 0 Å². The molecule has 2 fully saturated rings. The topological polar surface area (TPSA) is 20.2 Å². The molecule has 0 aromatic heterocycles. The normalized spacial score (nSPS) is 37.2. The molecule has 15 heavy (non-hydrogen) atoms. The molecule has 0 spiro atoms. The maximum atomic E-state index is 9.49. The fourth-order valence-corrected chi connectivity index (χ4v) is 4.22. The lowest BCUT2D eigenvalue weighted by atomic mass is 9.74. The Hall–Kier alpha value is -0.0400. The van der Waals surface area contributed by atoms with E-state index in [0.29, 0.717) is 5.41 Å². The summed E-state index contributed by atoms with van der Waals surface area (Å²) >= 11 is 0. The van der Waals surface area contributed by atoms with Crippen molar-refractivity contribution in [2.75, 3.05) is 0 Å². The highest BCUT2D eigenvalue weighted by atomic mass is 16.3. The Morgan fingerprint density at radius 1 is 1.27 bits per heavy atom. The van der Waals surface area contributed by atoms with E-state index in [4.69, 9.17) is 0 Å². The van der Waals surface area contributed by atoms with E-state index in [0.717, 1.165) is 24.2 Å². The van der Waals surface area contributed by atoms with Gasteiger partial charge in [-0.2, -0.15) is 0 Å². The molecule has 4 atom stereocenters. The van der Waals surface area contributed by atoms with Gasteiger partial charge in [-0.1, -0.05) is 20.3 Å². The molecule has 2 bridgehead atoms. The van der Waals surface area contributed by atoms with Gasteiger partial charge in [-0.15, -0.1) is 0 Å². The van der Waals surface area contributed by atoms with Crippen LogP contribution in [0.15, 0.2) is 0 Å². The number of rotatable bonds is 4. The van der Waals surface area contributed by atoms with Gasteiger partial charge < -0.3 is 5.11 Å². The van der Waals surface area contributed by atoms with Gasteiger partial charge >= 0.3 is 0 Å². The lowest BCUT2D eigenvalue weighted by Gasteiger charge is -2.33. The number of fused-ring (bicyclic) bond motifs is 2. The minimum absolute atomic E-state index is 0.140. The molecule has 0 heterocycles. The third-order valence-electron chi connectivity index (χ3n) is 4.55. The van der Waals surface area contributed by atoms with Crippen molar-refractivity contribution in [3.8, 4) is 0 Å². The Labute approximate surface area is 94.3 Å². The van der Waals surface area contributed by atoms with Gasteiger partial charge in [0.25, 0.3) is 0 Å². The average molecular weight is 210 g/mol. The van der Waals surface area contributed by atoms with E-state index in [9.17, 15) is 5.11 Å². The molecule has 1 nitrogen and oxygen atoms in total. The van der Waals surface area contributed by atoms with Gasteiger partial charge in [0.05, 0.1) is 6.10 Å². The van der Waals surface area contributed by atoms with Crippen LogP contribution < -0.4 is 0 Å². The predicted molar refractivity (Wildman–Crippen MR) is 63.6 cm³/mol. The van der Waals surface area contributed by atoms with Crippen LogP contribution in [-0.4, -0.2) is 11.2 Å². The molecule has 1 N–H and O–H groups in total. The van der Waals surface area contributed by atoms with Crippen molar-refractivity contribution in [1.82, 2.24) is 0 Å². The molecular formula is C14H26O. The molecule has 0 aromatic carbocycles. The molecule has 0 saturated heterocycles. The molecule has 2 aliphatic carbocycles. The van der Waals surface area contributed by atoms with Crippen LogP contribution in [0.5, 0.6) is 0 Å². The second-order valence-corrected chi connectivity index (χ2v) is 6.86. The number of aliphatic hydroxyl groups excluding tert-OH is 1. The Bertz CT molecular complexity index is 219. The molecule has 0 aliphatic heterocycles. The summed E-state index contributed by atoms with van der Waals surface area (Å²) in [6.45, 7) is 6.57. The quantitative estimate of drug-likeness (QED) is 0.751. The van der Waals surface area contributed by atoms with E-state index in [2.05, 4.69) is 13.8 Å². The third kappa shape index (κ3) is 2.75. The van der Waals surface area contributed by atoms with Crippen molar-refractivity contribution in [1.29, 1.82) is 0 Å². The maximum absolute atomic E-state index is 9.49. The average Bonchev–Trinajstić information content (AvgIpc) is 2.60. The van der Waals surface area contributed by atoms with Crippen LogP contribution in [0, 0.1) is 23.2 Å². The van der Waals surface area contributed by atoms with Crippen LogP contribution >= 0.6 is 0 Å². The smallest absolute Gasteiger partial charge is 0.0517 e. The van der Waals surface area contributed by atoms with Crippen molar-refractivity contribution >= 4 is 0 Å². The number of hydrogen-bond donors (Lipinski definition) is 1. The second kappa shape index (κ2) is 4.08. The van der Waals surface area contributed by atoms with Gasteiger partial charge in [0.1, 0.15) is 0 Å². The fourth-order valence-electron chi connectivity index (χ4n) is 4.22. The monoisotopic (exact) mass is 210 g/mol. The van der Waals surface area contributed by atoms with Gasteiger partial charge in [0.15, 0.2) is 0 Å². The summed E-state index contributed by atoms with van der Waals surface area (Å²) in [5.41, 5.74) is 0.337. The largest absolute Gasteiger partial charge is 0.393 e. The molecule has 1 heteroatoms. The standard InChI is InChI=1S/C14H26O/c1-10(15)8-14(2,3)9-13-7-11-4-5-12(13)6-11/h10-13,15H,4-9H2,1-3H3. The van der Waals surface area contributed by atoms with Crippen LogP contribution in [0.3, 0.4) is 0 Å². The van der Waals surface area contributed by atoms with Crippen LogP contribution in [0.4, 0.5) is 0 Å². The van der Waals surface area contributed by atoms with E-state index in [1.807, 2.05) is 6.92 Å². The summed E-state index contributed by atoms with van der Waals surface area (Å²) in [4.78, 5) is 0. The summed E-state index contributed by atoms with van der Waals surface area (Å²) < 4.78 is 0. The van der Waals surface area contributed by atoms with Crippen molar-refractivity contribution < 1.29 is 5.11 Å². The Morgan fingerprint density at radius 2 is 2.00 bits per heavy atom. The lowest BCUT2D eigenvalue weighted by molar-refractivity contribution is 0.103. The van der Waals surface area contributed by atoms with Crippen LogP contribution in [0.25, 0.3) is 0 Å². The molecule has 0 amide bonds. The van der Waals surface area contributed by atoms with Gasteiger partial charge in [-0.05, 0) is 62.2 Å². The molecule has 0 aromatic rings. The highest BCUT2D eigenvalue weighted by molar-refractivity contribution is 4.92. The molecular weight excluding hydrogens is 184 g/mol. The Kier molecular flexibility index (Phi) is 3.12. The summed E-state index contributed by atoms with van der Waals surface area (Å²) in [6, 6.07) is 0. The molecule has 4 unspecified atom stereocenters. The van der Waals surface area contributed by atoms with E-state index in [1.165, 1.54) is 32.1 Å².